The van der Waals surface area contributed by atoms with Crippen LogP contribution >= 0.6 is 11.6 Å². The lowest BCUT2D eigenvalue weighted by molar-refractivity contribution is 0.102. The topological polar surface area (TPSA) is 71.0 Å². The Kier molecular flexibility index (Phi) is 6.21. The molecule has 2 aromatic heterocycles. The lowest BCUT2D eigenvalue weighted by Crippen LogP contribution is -2.23. The number of likely N-dealkylation sites (N-methyl/N-ethyl adjacent to an activating group) is 1. The van der Waals surface area contributed by atoms with Gasteiger partial charge in [0.05, 0.1) is 0 Å². The fourth-order valence-electron chi connectivity index (χ4n) is 2.69. The van der Waals surface area contributed by atoms with Crippen LogP contribution in [-0.4, -0.2) is 34.5 Å². The van der Waals surface area contributed by atoms with Crippen molar-refractivity contribution in [1.29, 1.82) is 0 Å². The van der Waals surface area contributed by atoms with Gasteiger partial charge in [0.1, 0.15) is 17.3 Å². The number of nitrogens with zero attached hydrogens (tertiary/aromatic N) is 4. The zero-order chi connectivity index (χ0) is 20.1. The predicted molar refractivity (Wildman–Crippen MR) is 112 cm³/mol. The Morgan fingerprint density at radius 3 is 2.57 bits per heavy atom. The number of aromatic nitrogens is 3. The van der Waals surface area contributed by atoms with Crippen LogP contribution in [0.15, 0.2) is 48.8 Å². The highest BCUT2D eigenvalue weighted by atomic mass is 35.5. The molecule has 28 heavy (non-hydrogen) atoms. The van der Waals surface area contributed by atoms with Crippen molar-refractivity contribution in [3.63, 3.8) is 0 Å². The fraction of sp³-hybridized carbons (Fsp3) is 0.238. The number of hydrogen-bond donors (Lipinski definition) is 1. The van der Waals surface area contributed by atoms with Crippen molar-refractivity contribution in [2.24, 2.45) is 0 Å². The van der Waals surface area contributed by atoms with E-state index in [1.807, 2.05) is 43.1 Å². The summed E-state index contributed by atoms with van der Waals surface area (Å²) < 4.78 is 0. The molecular formula is C21H22ClN5O. The highest BCUT2D eigenvalue weighted by molar-refractivity contribution is 6.31. The van der Waals surface area contributed by atoms with Gasteiger partial charge in [-0.25, -0.2) is 9.97 Å². The number of pyridine rings is 1. The standard InChI is InChI=1S/C21H22ClN5O/c1-14-4-5-17(12-18(14)22)26-21(28)19-13-20(25-15(2)24-19)27(3)11-8-16-6-9-23-10-7-16/h4-7,9-10,12-13H,8,11H2,1-3H3,(H,26,28). The summed E-state index contributed by atoms with van der Waals surface area (Å²) in [6.45, 7) is 4.45. The number of aryl methyl sites for hydroxylation is 2. The Labute approximate surface area is 169 Å². The number of amides is 1. The van der Waals surface area contributed by atoms with Crippen LogP contribution < -0.4 is 10.2 Å². The zero-order valence-corrected chi connectivity index (χ0v) is 16.9. The van der Waals surface area contributed by atoms with E-state index < -0.39 is 0 Å². The second-order valence-corrected chi connectivity index (χ2v) is 7.01. The van der Waals surface area contributed by atoms with Crippen LogP contribution in [0.3, 0.4) is 0 Å². The lowest BCUT2D eigenvalue weighted by atomic mass is 10.2. The number of nitrogens with one attached hydrogen (secondary N) is 1. The van der Waals surface area contributed by atoms with Gasteiger partial charge in [0.25, 0.3) is 5.91 Å². The third-order valence-electron chi connectivity index (χ3n) is 4.36. The van der Waals surface area contributed by atoms with Gasteiger partial charge in [-0.15, -0.1) is 0 Å². The van der Waals surface area contributed by atoms with Gasteiger partial charge in [-0.2, -0.15) is 0 Å². The number of halogens is 1. The molecule has 0 spiro atoms. The first-order valence-corrected chi connectivity index (χ1v) is 9.33. The number of hydrogen-bond acceptors (Lipinski definition) is 5. The molecule has 0 aliphatic rings. The molecule has 0 radical (unpaired) electrons. The third-order valence-corrected chi connectivity index (χ3v) is 4.77. The van der Waals surface area contributed by atoms with E-state index in [9.17, 15) is 4.79 Å². The second-order valence-electron chi connectivity index (χ2n) is 6.60. The van der Waals surface area contributed by atoms with Crippen molar-refractivity contribution in [2.75, 3.05) is 23.8 Å². The Bertz CT molecular complexity index is 978. The highest BCUT2D eigenvalue weighted by Crippen LogP contribution is 2.21. The molecule has 3 aromatic rings. The van der Waals surface area contributed by atoms with Gasteiger partial charge < -0.3 is 10.2 Å². The SMILES string of the molecule is Cc1nc(C(=O)Nc2ccc(C)c(Cl)c2)cc(N(C)CCc2ccncc2)n1. The van der Waals surface area contributed by atoms with Crippen LogP contribution in [0.5, 0.6) is 0 Å². The van der Waals surface area contributed by atoms with Crippen LogP contribution in [0.4, 0.5) is 11.5 Å². The van der Waals surface area contributed by atoms with E-state index in [0.717, 1.165) is 18.5 Å². The van der Waals surface area contributed by atoms with Crippen molar-refractivity contribution in [2.45, 2.75) is 20.3 Å². The number of benzene rings is 1. The minimum atomic E-state index is -0.297. The maximum absolute atomic E-state index is 12.6. The highest BCUT2D eigenvalue weighted by Gasteiger charge is 2.13. The summed E-state index contributed by atoms with van der Waals surface area (Å²) in [6, 6.07) is 11.1. The van der Waals surface area contributed by atoms with Gasteiger partial charge in [0.2, 0.25) is 0 Å². The summed E-state index contributed by atoms with van der Waals surface area (Å²) >= 11 is 6.13. The molecular weight excluding hydrogens is 374 g/mol. The average Bonchev–Trinajstić information content (AvgIpc) is 2.69. The summed E-state index contributed by atoms with van der Waals surface area (Å²) in [5, 5.41) is 3.44. The molecule has 0 aliphatic carbocycles. The first-order valence-electron chi connectivity index (χ1n) is 8.95. The summed E-state index contributed by atoms with van der Waals surface area (Å²) in [5.41, 5.74) is 3.09. The first-order chi connectivity index (χ1) is 13.4. The van der Waals surface area contributed by atoms with E-state index in [4.69, 9.17) is 11.6 Å². The molecule has 0 unspecified atom stereocenters. The van der Waals surface area contributed by atoms with Gasteiger partial charge >= 0.3 is 0 Å². The van der Waals surface area contributed by atoms with Gasteiger partial charge in [-0.3, -0.25) is 9.78 Å². The molecule has 2 heterocycles. The summed E-state index contributed by atoms with van der Waals surface area (Å²) in [6.07, 6.45) is 4.42. The normalized spacial score (nSPS) is 10.6. The second kappa shape index (κ2) is 8.80. The summed E-state index contributed by atoms with van der Waals surface area (Å²) in [7, 11) is 1.95. The summed E-state index contributed by atoms with van der Waals surface area (Å²) in [4.78, 5) is 27.4. The van der Waals surface area contributed by atoms with E-state index in [1.165, 1.54) is 5.56 Å². The van der Waals surface area contributed by atoms with Crippen LogP contribution in [0.1, 0.15) is 27.4 Å². The minimum Gasteiger partial charge on any atom is -0.359 e. The Morgan fingerprint density at radius 2 is 1.86 bits per heavy atom. The zero-order valence-electron chi connectivity index (χ0n) is 16.1. The molecule has 0 bridgehead atoms. The molecule has 1 aromatic carbocycles. The van der Waals surface area contributed by atoms with E-state index in [0.29, 0.717) is 28.0 Å². The molecule has 6 nitrogen and oxygen atoms in total. The Morgan fingerprint density at radius 1 is 1.11 bits per heavy atom. The fourth-order valence-corrected chi connectivity index (χ4v) is 2.87. The maximum atomic E-state index is 12.6. The largest absolute Gasteiger partial charge is 0.359 e. The van der Waals surface area contributed by atoms with Crippen LogP contribution in [0.2, 0.25) is 5.02 Å². The van der Waals surface area contributed by atoms with Crippen LogP contribution in [-0.2, 0) is 6.42 Å². The molecule has 0 fully saturated rings. The Hall–Kier alpha value is -2.99. The van der Waals surface area contributed by atoms with Gasteiger partial charge in [-0.1, -0.05) is 17.7 Å². The predicted octanol–water partition coefficient (Wildman–Crippen LogP) is 4.07. The van der Waals surface area contributed by atoms with Gasteiger partial charge in [0.15, 0.2) is 0 Å². The molecule has 144 valence electrons. The summed E-state index contributed by atoms with van der Waals surface area (Å²) in [5.74, 6) is 0.947. The van der Waals surface area contributed by atoms with Crippen molar-refractivity contribution >= 4 is 29.0 Å². The molecule has 0 saturated carbocycles. The van der Waals surface area contributed by atoms with Crippen molar-refractivity contribution in [3.05, 3.63) is 76.5 Å². The molecule has 1 N–H and O–H groups in total. The molecule has 0 atom stereocenters. The number of carbonyl (C=O) groups excluding carboxylic acids is 1. The molecule has 0 aliphatic heterocycles. The van der Waals surface area contributed by atoms with Crippen molar-refractivity contribution in [1.82, 2.24) is 15.0 Å². The van der Waals surface area contributed by atoms with Crippen LogP contribution in [0.25, 0.3) is 0 Å². The van der Waals surface area contributed by atoms with E-state index in [1.54, 1.807) is 31.5 Å². The molecule has 1 amide bonds. The van der Waals surface area contributed by atoms with E-state index in [-0.39, 0.29) is 5.91 Å². The average molecular weight is 396 g/mol. The van der Waals surface area contributed by atoms with Crippen molar-refractivity contribution < 1.29 is 4.79 Å². The van der Waals surface area contributed by atoms with E-state index >= 15 is 0 Å². The monoisotopic (exact) mass is 395 g/mol. The van der Waals surface area contributed by atoms with Gasteiger partial charge in [-0.05, 0) is 55.7 Å². The lowest BCUT2D eigenvalue weighted by Gasteiger charge is -2.19. The first kappa shape index (κ1) is 19.8. The number of carbonyl (C=O) groups is 1. The smallest absolute Gasteiger partial charge is 0.274 e. The maximum Gasteiger partial charge on any atom is 0.274 e. The van der Waals surface area contributed by atoms with E-state index in [2.05, 4.69) is 20.3 Å². The number of rotatable bonds is 6. The molecule has 0 saturated heterocycles. The van der Waals surface area contributed by atoms with Gasteiger partial charge in [0, 0.05) is 42.8 Å². The Balaban J connectivity index is 1.72. The number of anilines is 2. The molecule has 3 rings (SSSR count). The third kappa shape index (κ3) is 5.04. The molecule has 7 heteroatoms. The quantitative estimate of drug-likeness (QED) is 0.681. The van der Waals surface area contributed by atoms with Crippen LogP contribution in [0, 0.1) is 13.8 Å². The van der Waals surface area contributed by atoms with Crippen molar-refractivity contribution in [3.8, 4) is 0 Å². The minimum absolute atomic E-state index is 0.297.